The molecule has 5 atom stereocenters. The van der Waals surface area contributed by atoms with Crippen molar-refractivity contribution < 1.29 is 38.4 Å². The van der Waals surface area contributed by atoms with E-state index in [1.807, 2.05) is 30.3 Å². The Morgan fingerprint density at radius 3 is 2.39 bits per heavy atom. The van der Waals surface area contributed by atoms with Crippen molar-refractivity contribution in [2.24, 2.45) is 5.92 Å². The molecule has 1 spiro atoms. The molecule has 10 nitrogen and oxygen atoms in total. The number of hydrogen-bond donors (Lipinski definition) is 1. The highest BCUT2D eigenvalue weighted by atomic mass is 28.3. The van der Waals surface area contributed by atoms with E-state index in [0.29, 0.717) is 31.7 Å². The fourth-order valence-electron chi connectivity index (χ4n) is 8.13. The highest BCUT2D eigenvalue weighted by Gasteiger charge is 2.66. The number of hydrogen-bond acceptors (Lipinski definition) is 8. The van der Waals surface area contributed by atoms with Crippen LogP contribution >= 0.6 is 0 Å². The number of rotatable bonds is 12. The number of methoxy groups -OCH3 is 3. The van der Waals surface area contributed by atoms with Gasteiger partial charge in [0, 0.05) is 31.0 Å². The third kappa shape index (κ3) is 5.93. The van der Waals surface area contributed by atoms with Crippen LogP contribution in [0, 0.1) is 5.92 Å². The van der Waals surface area contributed by atoms with Gasteiger partial charge in [-0.25, -0.2) is 0 Å². The van der Waals surface area contributed by atoms with E-state index in [1.165, 1.54) is 12.3 Å². The Labute approximate surface area is 272 Å². The van der Waals surface area contributed by atoms with Gasteiger partial charge in [0.2, 0.25) is 5.91 Å². The van der Waals surface area contributed by atoms with E-state index in [4.69, 9.17) is 18.9 Å². The van der Waals surface area contributed by atoms with Gasteiger partial charge in [-0.15, -0.1) is 0 Å². The number of fused-ring (bicyclic) bond motifs is 2. The van der Waals surface area contributed by atoms with Gasteiger partial charge in [-0.2, -0.15) is 0 Å². The molecule has 2 saturated heterocycles. The molecule has 46 heavy (non-hydrogen) atoms. The molecular formula is C35H48N2O8Si. The molecule has 0 saturated carbocycles. The van der Waals surface area contributed by atoms with Crippen molar-refractivity contribution in [3.8, 4) is 11.5 Å². The van der Waals surface area contributed by atoms with Crippen LogP contribution < -0.4 is 19.6 Å². The van der Waals surface area contributed by atoms with Crippen LogP contribution in [0.15, 0.2) is 42.5 Å². The van der Waals surface area contributed by atoms with Gasteiger partial charge in [0.25, 0.3) is 5.91 Å². The zero-order valence-electron chi connectivity index (χ0n) is 27.9. The van der Waals surface area contributed by atoms with E-state index < -0.39 is 19.8 Å². The van der Waals surface area contributed by atoms with Crippen LogP contribution in [-0.4, -0.2) is 89.0 Å². The van der Waals surface area contributed by atoms with Gasteiger partial charge in [0.15, 0.2) is 5.60 Å². The Morgan fingerprint density at radius 1 is 1.04 bits per heavy atom. The number of benzene rings is 2. The van der Waals surface area contributed by atoms with Crippen LogP contribution in [0.3, 0.4) is 0 Å². The van der Waals surface area contributed by atoms with Gasteiger partial charge in [-0.1, -0.05) is 37.3 Å². The van der Waals surface area contributed by atoms with E-state index in [1.54, 1.807) is 24.0 Å². The SMILES string of the molecule is COC(=O)CCCCN1C(=O)[C@]2(O[C@H](CC(=O)N3CCC[C@H]3CO)[C@@H]([Si](C)(C)c3ccc(OC)cc3)[C@@H]2C)c2cc(OC)ccc21. The number of aliphatic hydroxyl groups excluding tert-OH is 1. The predicted molar refractivity (Wildman–Crippen MR) is 177 cm³/mol. The Balaban J connectivity index is 1.56. The molecule has 2 amide bonds. The molecule has 3 aliphatic heterocycles. The Morgan fingerprint density at radius 2 is 1.74 bits per heavy atom. The second-order valence-electron chi connectivity index (χ2n) is 13.3. The van der Waals surface area contributed by atoms with E-state index in [0.717, 1.165) is 29.8 Å². The number of carbonyl (C=O) groups excluding carboxylic acids is 3. The molecule has 250 valence electrons. The molecule has 2 aromatic carbocycles. The number of anilines is 1. The minimum atomic E-state index is -2.43. The topological polar surface area (TPSA) is 115 Å². The molecule has 0 aliphatic carbocycles. The quantitative estimate of drug-likeness (QED) is 0.208. The zero-order chi connectivity index (χ0) is 33.2. The molecular weight excluding hydrogens is 604 g/mol. The summed E-state index contributed by atoms with van der Waals surface area (Å²) < 4.78 is 23.0. The van der Waals surface area contributed by atoms with E-state index in [9.17, 15) is 19.5 Å². The number of likely N-dealkylation sites (tertiary alicyclic amines) is 1. The minimum absolute atomic E-state index is 0.0497. The van der Waals surface area contributed by atoms with Gasteiger partial charge in [0.1, 0.15) is 11.5 Å². The Kier molecular flexibility index (Phi) is 10.1. The lowest BCUT2D eigenvalue weighted by Crippen LogP contribution is -2.52. The van der Waals surface area contributed by atoms with Gasteiger partial charge in [0.05, 0.1) is 60.3 Å². The molecule has 5 rings (SSSR count). The molecule has 2 aromatic rings. The molecule has 0 radical (unpaired) electrons. The van der Waals surface area contributed by atoms with Crippen LogP contribution in [0.1, 0.15) is 51.0 Å². The molecule has 11 heteroatoms. The van der Waals surface area contributed by atoms with Crippen molar-refractivity contribution >= 4 is 36.7 Å². The highest BCUT2D eigenvalue weighted by molar-refractivity contribution is 6.91. The maximum absolute atomic E-state index is 14.8. The number of nitrogens with zero attached hydrogens (tertiary/aromatic N) is 2. The molecule has 3 heterocycles. The summed E-state index contributed by atoms with van der Waals surface area (Å²) in [7, 11) is 2.19. The number of unbranched alkanes of at least 4 members (excludes halogenated alkanes) is 1. The molecule has 0 unspecified atom stereocenters. The van der Waals surface area contributed by atoms with Gasteiger partial charge >= 0.3 is 5.97 Å². The van der Waals surface area contributed by atoms with Crippen LogP contribution in [0.4, 0.5) is 5.69 Å². The largest absolute Gasteiger partial charge is 0.497 e. The zero-order valence-corrected chi connectivity index (χ0v) is 28.9. The maximum Gasteiger partial charge on any atom is 0.305 e. The van der Waals surface area contributed by atoms with Crippen LogP contribution in [0.25, 0.3) is 0 Å². The fourth-order valence-corrected chi connectivity index (χ4v) is 12.1. The van der Waals surface area contributed by atoms with Crippen molar-refractivity contribution in [1.29, 1.82) is 0 Å². The molecule has 0 aromatic heterocycles. The normalized spacial score (nSPS) is 25.7. The summed E-state index contributed by atoms with van der Waals surface area (Å²) >= 11 is 0. The molecule has 0 bridgehead atoms. The first-order valence-corrected chi connectivity index (χ1v) is 19.4. The number of esters is 1. The second kappa shape index (κ2) is 13.7. The van der Waals surface area contributed by atoms with Crippen molar-refractivity contribution in [2.45, 2.75) is 81.8 Å². The molecule has 3 aliphatic rings. The average molecular weight is 653 g/mol. The monoisotopic (exact) mass is 652 g/mol. The summed E-state index contributed by atoms with van der Waals surface area (Å²) in [6.45, 7) is 7.65. The maximum atomic E-state index is 14.8. The number of amides is 2. The number of aliphatic hydroxyl groups is 1. The van der Waals surface area contributed by atoms with Crippen LogP contribution in [0.5, 0.6) is 11.5 Å². The van der Waals surface area contributed by atoms with E-state index in [2.05, 4.69) is 32.2 Å². The first-order valence-electron chi connectivity index (χ1n) is 16.3. The first kappa shape index (κ1) is 33.9. The third-order valence-electron chi connectivity index (χ3n) is 10.6. The van der Waals surface area contributed by atoms with Crippen molar-refractivity contribution in [2.75, 3.05) is 45.9 Å². The highest BCUT2D eigenvalue weighted by Crippen LogP contribution is 2.60. The van der Waals surface area contributed by atoms with Crippen LogP contribution in [-0.2, 0) is 29.5 Å². The van der Waals surface area contributed by atoms with Crippen molar-refractivity contribution in [1.82, 2.24) is 4.90 Å². The predicted octanol–water partition coefficient (Wildman–Crippen LogP) is 3.98. The lowest BCUT2D eigenvalue weighted by atomic mass is 9.82. The Hall–Kier alpha value is -3.41. The summed E-state index contributed by atoms with van der Waals surface area (Å²) in [5, 5.41) is 11.2. The third-order valence-corrected chi connectivity index (χ3v) is 14.9. The standard InChI is InChI=1S/C35H48N2O8Si/c1-23-33(46(5,6)27-15-12-25(42-2)13-16-27)30(21-31(39)36-19-9-10-24(36)22-38)45-35(23)28-20-26(43-3)14-17-29(28)37(34(35)41)18-8-7-11-32(40)44-4/h12-17,20,23-24,30,33,38H,7-11,18-19,21-22H2,1-6H3/t23-,24-,30+,33-,35+/m0/s1. The smallest absolute Gasteiger partial charge is 0.305 e. The van der Waals surface area contributed by atoms with Gasteiger partial charge in [-0.3, -0.25) is 14.4 Å². The fraction of sp³-hybridized carbons (Fsp3) is 0.571. The lowest BCUT2D eigenvalue weighted by Gasteiger charge is -2.37. The lowest BCUT2D eigenvalue weighted by molar-refractivity contribution is -0.150. The summed E-state index contributed by atoms with van der Waals surface area (Å²) in [6.07, 6.45) is 2.73. The van der Waals surface area contributed by atoms with E-state index >= 15 is 0 Å². The Bertz CT molecular complexity index is 1430. The average Bonchev–Trinajstić information content (AvgIpc) is 3.73. The van der Waals surface area contributed by atoms with E-state index in [-0.39, 0.29) is 54.7 Å². The first-order chi connectivity index (χ1) is 22.0. The molecule has 1 N–H and O–H groups in total. The van der Waals surface area contributed by atoms with Crippen LogP contribution in [0.2, 0.25) is 18.6 Å². The minimum Gasteiger partial charge on any atom is -0.497 e. The number of ether oxygens (including phenoxy) is 4. The van der Waals surface area contributed by atoms with Crippen molar-refractivity contribution in [3.63, 3.8) is 0 Å². The number of carbonyl (C=O) groups is 3. The summed E-state index contributed by atoms with van der Waals surface area (Å²) in [6, 6.07) is 13.6. The second-order valence-corrected chi connectivity index (χ2v) is 18.0. The van der Waals surface area contributed by atoms with Gasteiger partial charge in [-0.05, 0) is 61.6 Å². The van der Waals surface area contributed by atoms with Crippen molar-refractivity contribution in [3.05, 3.63) is 48.0 Å². The summed E-state index contributed by atoms with van der Waals surface area (Å²) in [5.74, 6) is 0.664. The summed E-state index contributed by atoms with van der Waals surface area (Å²) in [5.41, 5.74) is 0.124. The molecule has 2 fully saturated rings. The van der Waals surface area contributed by atoms with Gasteiger partial charge < -0.3 is 33.9 Å². The summed E-state index contributed by atoms with van der Waals surface area (Å²) in [4.78, 5) is 44.0.